The van der Waals surface area contributed by atoms with Gasteiger partial charge in [0.25, 0.3) is 0 Å². The molecule has 0 atom stereocenters. The van der Waals surface area contributed by atoms with Crippen LogP contribution in [0.5, 0.6) is 0 Å². The van der Waals surface area contributed by atoms with Crippen LogP contribution in [0.25, 0.3) is 61.9 Å². The van der Waals surface area contributed by atoms with Gasteiger partial charge in [-0.3, -0.25) is 0 Å². The zero-order chi connectivity index (χ0) is 42.9. The molecule has 0 radical (unpaired) electrons. The van der Waals surface area contributed by atoms with Crippen LogP contribution in [0.15, 0.2) is 72.8 Å². The lowest BCUT2D eigenvalue weighted by Crippen LogP contribution is -2.34. The first kappa shape index (κ1) is 43.9. The summed E-state index contributed by atoms with van der Waals surface area (Å²) < 4.78 is 29.1. The summed E-state index contributed by atoms with van der Waals surface area (Å²) in [7, 11) is -1.52. The summed E-state index contributed by atoms with van der Waals surface area (Å²) in [6, 6.07) is 22.8. The molecule has 0 bridgehead atoms. The summed E-state index contributed by atoms with van der Waals surface area (Å²) in [5.41, 5.74) is 4.70. The third kappa shape index (κ3) is 8.90. The Morgan fingerprint density at radius 3 is 1.18 bits per heavy atom. The van der Waals surface area contributed by atoms with E-state index < -0.39 is 32.0 Å². The molecule has 14 heteroatoms. The van der Waals surface area contributed by atoms with E-state index in [0.29, 0.717) is 55.6 Å². The van der Waals surface area contributed by atoms with Crippen molar-refractivity contribution >= 4 is 123 Å². The van der Waals surface area contributed by atoms with E-state index in [-0.39, 0.29) is 26.4 Å². The monoisotopic (exact) mass is 1010 g/mol. The van der Waals surface area contributed by atoms with Gasteiger partial charge in [-0.25, -0.2) is 19.2 Å². The van der Waals surface area contributed by atoms with Crippen molar-refractivity contribution in [1.29, 1.82) is 0 Å². The Bertz CT molecular complexity index is 2710. The quantitative estimate of drug-likeness (QED) is 0.0349. The summed E-state index contributed by atoms with van der Waals surface area (Å²) >= 11 is 9.00. The van der Waals surface area contributed by atoms with Crippen molar-refractivity contribution < 1.29 is 38.1 Å². The van der Waals surface area contributed by atoms with E-state index in [4.69, 9.17) is 18.9 Å². The lowest BCUT2D eigenvalue weighted by atomic mass is 9.90. The summed E-state index contributed by atoms with van der Waals surface area (Å²) in [4.78, 5) is 57.7. The number of esters is 4. The van der Waals surface area contributed by atoms with Crippen molar-refractivity contribution in [1.82, 2.24) is 0 Å². The second kappa shape index (κ2) is 18.4. The van der Waals surface area contributed by atoms with Gasteiger partial charge in [0.1, 0.15) is 0 Å². The standard InChI is InChI=1S/C46H43IO8S4Si/c1-8-52-43(48)32-19-30(36-21-39-38(57-36)16-27(24-47)56-39)34(45(50)54-10-3)17-28(32)25-12-14-26(15-13-25)29-18-35(46(51)55-11-4)31(20-33(29)44(49)53-9-2)37-22-40-41(58-37)23-42(59-40)60(5,6)7/h12-23H,8-11,24H2,1-7H3. The van der Waals surface area contributed by atoms with E-state index in [1.807, 2.05) is 24.3 Å². The highest BCUT2D eigenvalue weighted by Crippen LogP contribution is 2.44. The van der Waals surface area contributed by atoms with Crippen LogP contribution in [-0.4, -0.2) is 58.4 Å². The Balaban J connectivity index is 1.36. The number of hydrogen-bond acceptors (Lipinski definition) is 12. The minimum atomic E-state index is -1.52. The topological polar surface area (TPSA) is 105 Å². The molecule has 310 valence electrons. The van der Waals surface area contributed by atoms with Crippen molar-refractivity contribution in [3.8, 4) is 43.1 Å². The zero-order valence-corrected chi connectivity index (χ0v) is 40.7. The molecular formula is C46H43IO8S4Si. The SMILES string of the molecule is CCOC(=O)c1cc(-c2cc3sc(CI)cc3s2)c(C(=O)OCC)cc1-c1ccc(-c2cc(C(=O)OCC)c(-c3cc4sc([Si](C)(C)C)cc4s3)cc2C(=O)OCC)cc1. The molecule has 0 aliphatic carbocycles. The van der Waals surface area contributed by atoms with Crippen molar-refractivity contribution in [3.05, 3.63) is 99.9 Å². The largest absolute Gasteiger partial charge is 0.462 e. The number of alkyl halides is 1. The number of carbonyl (C=O) groups is 4. The first-order valence-electron chi connectivity index (χ1n) is 19.6. The Kier molecular flexibility index (Phi) is 13.5. The molecule has 0 amide bonds. The normalized spacial score (nSPS) is 11.6. The van der Waals surface area contributed by atoms with Crippen LogP contribution in [0.1, 0.15) is 74.0 Å². The average molecular weight is 1010 g/mol. The number of benzene rings is 3. The van der Waals surface area contributed by atoms with Crippen LogP contribution in [0, 0.1) is 0 Å². The minimum Gasteiger partial charge on any atom is -0.462 e. The highest BCUT2D eigenvalue weighted by atomic mass is 127. The summed E-state index contributed by atoms with van der Waals surface area (Å²) in [5.74, 6) is -2.05. The Labute approximate surface area is 379 Å². The highest BCUT2D eigenvalue weighted by Gasteiger charge is 2.27. The van der Waals surface area contributed by atoms with Crippen molar-refractivity contribution in [2.75, 3.05) is 26.4 Å². The molecule has 0 saturated heterocycles. The lowest BCUT2D eigenvalue weighted by Gasteiger charge is -2.17. The number of ether oxygens (including phenoxy) is 4. The van der Waals surface area contributed by atoms with Gasteiger partial charge in [-0.15, -0.1) is 45.3 Å². The fourth-order valence-corrected chi connectivity index (χ4v) is 14.3. The first-order chi connectivity index (χ1) is 28.8. The van der Waals surface area contributed by atoms with Crippen LogP contribution < -0.4 is 4.50 Å². The molecule has 0 aliphatic rings. The number of fused-ring (bicyclic) bond motifs is 2. The maximum absolute atomic E-state index is 13.7. The van der Waals surface area contributed by atoms with E-state index in [9.17, 15) is 19.2 Å². The van der Waals surface area contributed by atoms with E-state index in [2.05, 4.69) is 66.5 Å². The summed E-state index contributed by atoms with van der Waals surface area (Å²) in [6.45, 7) is 14.7. The minimum absolute atomic E-state index is 0.165. The van der Waals surface area contributed by atoms with Crippen molar-refractivity contribution in [2.24, 2.45) is 0 Å². The zero-order valence-electron chi connectivity index (χ0n) is 34.2. The van der Waals surface area contributed by atoms with Crippen molar-refractivity contribution in [3.63, 3.8) is 0 Å². The van der Waals surface area contributed by atoms with E-state index in [0.717, 1.165) is 33.0 Å². The molecule has 0 saturated carbocycles. The smallest absolute Gasteiger partial charge is 0.338 e. The van der Waals surface area contributed by atoms with Gasteiger partial charge in [-0.2, -0.15) is 0 Å². The molecule has 0 N–H and O–H groups in total. The second-order valence-electron chi connectivity index (χ2n) is 14.7. The molecular weight excluding hydrogens is 964 g/mol. The van der Waals surface area contributed by atoms with Gasteiger partial charge in [0.2, 0.25) is 0 Å². The molecule has 7 aromatic rings. The first-order valence-corrected chi connectivity index (χ1v) is 27.9. The van der Waals surface area contributed by atoms with Gasteiger partial charge in [0.15, 0.2) is 0 Å². The third-order valence-electron chi connectivity index (χ3n) is 9.67. The van der Waals surface area contributed by atoms with Gasteiger partial charge >= 0.3 is 23.9 Å². The van der Waals surface area contributed by atoms with Crippen molar-refractivity contribution in [2.45, 2.75) is 51.8 Å². The van der Waals surface area contributed by atoms with E-state index in [1.165, 1.54) is 9.38 Å². The Morgan fingerprint density at radius 1 is 0.483 bits per heavy atom. The Hall–Kier alpha value is -4.19. The van der Waals surface area contributed by atoms with Gasteiger partial charge < -0.3 is 18.9 Å². The number of carbonyl (C=O) groups excluding carboxylic acids is 4. The van der Waals surface area contributed by atoms with Gasteiger partial charge in [0.05, 0.1) is 56.8 Å². The summed E-state index contributed by atoms with van der Waals surface area (Å²) in [5, 5.41) is 0. The lowest BCUT2D eigenvalue weighted by molar-refractivity contribution is 0.0513. The fourth-order valence-electron chi connectivity index (χ4n) is 6.85. The third-order valence-corrected chi connectivity index (χ3v) is 19.2. The average Bonchev–Trinajstić information content (AvgIpc) is 4.01. The van der Waals surface area contributed by atoms with Crippen LogP contribution in [0.4, 0.5) is 0 Å². The fraction of sp³-hybridized carbons (Fsp3) is 0.261. The summed E-state index contributed by atoms with van der Waals surface area (Å²) in [6.07, 6.45) is 0. The van der Waals surface area contributed by atoms with Gasteiger partial charge in [-0.05, 0) is 103 Å². The highest BCUT2D eigenvalue weighted by molar-refractivity contribution is 14.1. The number of rotatable bonds is 14. The number of halogens is 1. The van der Waals surface area contributed by atoms with Gasteiger partial charge in [0, 0.05) is 49.0 Å². The Morgan fingerprint density at radius 2 is 0.833 bits per heavy atom. The molecule has 0 aliphatic heterocycles. The molecule has 8 nitrogen and oxygen atoms in total. The number of thiophene rings is 4. The predicted octanol–water partition coefficient (Wildman–Crippen LogP) is 13.1. The van der Waals surface area contributed by atoms with Crippen LogP contribution in [-0.2, 0) is 23.4 Å². The maximum atomic E-state index is 13.7. The molecule has 4 aromatic heterocycles. The van der Waals surface area contributed by atoms with Crippen LogP contribution in [0.2, 0.25) is 19.6 Å². The molecule has 4 heterocycles. The van der Waals surface area contributed by atoms with Crippen LogP contribution in [0.3, 0.4) is 0 Å². The van der Waals surface area contributed by atoms with E-state index >= 15 is 0 Å². The molecule has 0 unspecified atom stereocenters. The van der Waals surface area contributed by atoms with Gasteiger partial charge in [-0.1, -0.05) is 66.5 Å². The van der Waals surface area contributed by atoms with Crippen LogP contribution >= 0.6 is 67.9 Å². The molecule has 60 heavy (non-hydrogen) atoms. The molecule has 3 aromatic carbocycles. The molecule has 0 spiro atoms. The molecule has 0 fully saturated rings. The number of hydrogen-bond donors (Lipinski definition) is 0. The molecule has 7 rings (SSSR count). The predicted molar refractivity (Wildman–Crippen MR) is 259 cm³/mol. The second-order valence-corrected chi connectivity index (χ2v) is 25.3. The maximum Gasteiger partial charge on any atom is 0.338 e. The van der Waals surface area contributed by atoms with E-state index in [1.54, 1.807) is 97.3 Å².